The molecule has 0 saturated heterocycles. The Kier molecular flexibility index (Phi) is 3.09. The minimum atomic E-state index is 0.728. The van der Waals surface area contributed by atoms with Gasteiger partial charge in [-0.3, -0.25) is 0 Å². The Labute approximate surface area is 134 Å². The zero-order valence-electron chi connectivity index (χ0n) is 12.2. The first-order valence-electron chi connectivity index (χ1n) is 7.28. The highest BCUT2D eigenvalue weighted by molar-refractivity contribution is 6.33. The molecule has 0 aliphatic rings. The summed E-state index contributed by atoms with van der Waals surface area (Å²) in [6.45, 7) is 2.11. The third-order valence-corrected chi connectivity index (χ3v) is 4.32. The predicted molar refractivity (Wildman–Crippen MR) is 94.4 cm³/mol. The second-order valence-electron chi connectivity index (χ2n) is 5.51. The van der Waals surface area contributed by atoms with Gasteiger partial charge in [-0.1, -0.05) is 65.7 Å². The first-order valence-corrected chi connectivity index (χ1v) is 7.66. The second-order valence-corrected chi connectivity index (χ2v) is 5.91. The summed E-state index contributed by atoms with van der Waals surface area (Å²) in [5.41, 5.74) is 4.16. The second kappa shape index (κ2) is 5.11. The van der Waals surface area contributed by atoms with Crippen LogP contribution in [0.4, 0.5) is 0 Å². The first-order chi connectivity index (χ1) is 10.7. The van der Waals surface area contributed by atoms with Crippen molar-refractivity contribution < 1.29 is 0 Å². The number of benzene rings is 3. The van der Waals surface area contributed by atoms with Crippen LogP contribution in [0.5, 0.6) is 0 Å². The topological polar surface area (TPSA) is 12.9 Å². The van der Waals surface area contributed by atoms with Gasteiger partial charge < -0.3 is 0 Å². The van der Waals surface area contributed by atoms with E-state index >= 15 is 0 Å². The fourth-order valence-corrected chi connectivity index (χ4v) is 3.15. The van der Waals surface area contributed by atoms with Crippen LogP contribution in [0.2, 0.25) is 5.02 Å². The zero-order valence-corrected chi connectivity index (χ0v) is 12.9. The Morgan fingerprint density at radius 2 is 1.50 bits per heavy atom. The summed E-state index contributed by atoms with van der Waals surface area (Å²) in [6.07, 6.45) is 0. The maximum Gasteiger partial charge on any atom is 0.0803 e. The number of fused-ring (bicyclic) bond motifs is 3. The fourth-order valence-electron chi connectivity index (χ4n) is 2.93. The van der Waals surface area contributed by atoms with Gasteiger partial charge in [0, 0.05) is 21.4 Å². The molecule has 4 rings (SSSR count). The lowest BCUT2D eigenvalue weighted by molar-refractivity contribution is 1.41. The monoisotopic (exact) mass is 303 g/mol. The van der Waals surface area contributed by atoms with Crippen LogP contribution in [-0.2, 0) is 0 Å². The van der Waals surface area contributed by atoms with Crippen molar-refractivity contribution in [3.63, 3.8) is 0 Å². The van der Waals surface area contributed by atoms with Gasteiger partial charge in [0.2, 0.25) is 0 Å². The predicted octanol–water partition coefficient (Wildman–Crippen LogP) is 6.02. The molecule has 0 spiro atoms. The van der Waals surface area contributed by atoms with Gasteiger partial charge in [0.15, 0.2) is 0 Å². The van der Waals surface area contributed by atoms with E-state index in [-0.39, 0.29) is 0 Å². The molecule has 0 fully saturated rings. The maximum absolute atomic E-state index is 6.40. The minimum absolute atomic E-state index is 0.728. The quantitative estimate of drug-likeness (QED) is 0.392. The summed E-state index contributed by atoms with van der Waals surface area (Å²) in [5, 5.41) is 4.26. The van der Waals surface area contributed by atoms with E-state index in [9.17, 15) is 0 Å². The molecular formula is C20H14ClN. The van der Waals surface area contributed by atoms with E-state index < -0.39 is 0 Å². The van der Waals surface area contributed by atoms with Crippen molar-refractivity contribution in [3.05, 3.63) is 77.3 Å². The Balaban J connectivity index is 2.19. The molecule has 0 amide bonds. The maximum atomic E-state index is 6.40. The van der Waals surface area contributed by atoms with Gasteiger partial charge in [0.1, 0.15) is 0 Å². The van der Waals surface area contributed by atoms with Gasteiger partial charge in [-0.15, -0.1) is 0 Å². The number of nitrogens with zero attached hydrogens (tertiary/aromatic N) is 1. The molecule has 0 radical (unpaired) electrons. The van der Waals surface area contributed by atoms with E-state index in [2.05, 4.69) is 43.3 Å². The Bertz CT molecular complexity index is 1000. The van der Waals surface area contributed by atoms with Crippen LogP contribution in [0.1, 0.15) is 5.56 Å². The van der Waals surface area contributed by atoms with Crippen molar-refractivity contribution in [2.24, 2.45) is 0 Å². The number of hydrogen-bond donors (Lipinski definition) is 0. The average molecular weight is 304 g/mol. The Morgan fingerprint density at radius 3 is 2.32 bits per heavy atom. The van der Waals surface area contributed by atoms with Gasteiger partial charge in [-0.25, -0.2) is 4.98 Å². The highest BCUT2D eigenvalue weighted by Crippen LogP contribution is 2.35. The van der Waals surface area contributed by atoms with Crippen LogP contribution >= 0.6 is 11.6 Å². The van der Waals surface area contributed by atoms with Crippen molar-refractivity contribution in [3.8, 4) is 11.3 Å². The molecule has 106 valence electrons. The van der Waals surface area contributed by atoms with E-state index in [4.69, 9.17) is 16.6 Å². The molecular weight excluding hydrogens is 290 g/mol. The van der Waals surface area contributed by atoms with Gasteiger partial charge in [0.05, 0.1) is 11.2 Å². The molecule has 0 unspecified atom stereocenters. The molecule has 3 aromatic carbocycles. The number of pyridine rings is 1. The SMILES string of the molecule is Cc1ccc2nc(-c3ccccc3Cl)c3ccccc3c2c1. The number of hydrogen-bond acceptors (Lipinski definition) is 1. The number of rotatable bonds is 1. The number of aryl methyl sites for hydroxylation is 1. The van der Waals surface area contributed by atoms with E-state index in [1.54, 1.807) is 0 Å². The molecule has 4 aromatic rings. The van der Waals surface area contributed by atoms with Gasteiger partial charge in [0.25, 0.3) is 0 Å². The van der Waals surface area contributed by atoms with E-state index in [1.165, 1.54) is 16.3 Å². The summed E-state index contributed by atoms with van der Waals surface area (Å²) in [4.78, 5) is 4.89. The molecule has 1 aromatic heterocycles. The molecule has 1 heterocycles. The zero-order chi connectivity index (χ0) is 15.1. The summed E-state index contributed by atoms with van der Waals surface area (Å²) in [6, 6.07) is 22.6. The van der Waals surface area contributed by atoms with Crippen molar-refractivity contribution in [2.45, 2.75) is 6.92 Å². The third kappa shape index (κ3) is 2.06. The number of halogens is 1. The third-order valence-electron chi connectivity index (χ3n) is 3.99. The highest BCUT2D eigenvalue weighted by atomic mass is 35.5. The Morgan fingerprint density at radius 1 is 0.773 bits per heavy atom. The number of aromatic nitrogens is 1. The summed E-state index contributed by atoms with van der Waals surface area (Å²) in [5.74, 6) is 0. The summed E-state index contributed by atoms with van der Waals surface area (Å²) >= 11 is 6.40. The van der Waals surface area contributed by atoms with Crippen LogP contribution in [0.15, 0.2) is 66.7 Å². The lowest BCUT2D eigenvalue weighted by Crippen LogP contribution is -1.90. The molecule has 22 heavy (non-hydrogen) atoms. The lowest BCUT2D eigenvalue weighted by atomic mass is 9.99. The van der Waals surface area contributed by atoms with Crippen molar-refractivity contribution in [1.82, 2.24) is 4.98 Å². The molecule has 0 N–H and O–H groups in total. The van der Waals surface area contributed by atoms with E-state index in [0.717, 1.165) is 27.2 Å². The van der Waals surface area contributed by atoms with Gasteiger partial charge in [-0.2, -0.15) is 0 Å². The lowest BCUT2D eigenvalue weighted by Gasteiger charge is -2.11. The molecule has 1 nitrogen and oxygen atoms in total. The molecule has 0 aliphatic heterocycles. The van der Waals surface area contributed by atoms with Crippen molar-refractivity contribution >= 4 is 33.3 Å². The molecule has 0 saturated carbocycles. The first kappa shape index (κ1) is 13.3. The molecule has 0 atom stereocenters. The van der Waals surface area contributed by atoms with Crippen LogP contribution in [0.25, 0.3) is 32.9 Å². The van der Waals surface area contributed by atoms with Gasteiger partial charge in [-0.05, 0) is 30.5 Å². The standard InChI is InChI=1S/C20H14ClN/c1-13-10-11-19-17(12-13)14-6-2-3-7-15(14)20(22-19)16-8-4-5-9-18(16)21/h2-12H,1H3. The van der Waals surface area contributed by atoms with Crippen molar-refractivity contribution in [2.75, 3.05) is 0 Å². The molecule has 0 aliphatic carbocycles. The van der Waals surface area contributed by atoms with Gasteiger partial charge >= 0.3 is 0 Å². The normalized spacial score (nSPS) is 11.2. The van der Waals surface area contributed by atoms with E-state index in [1.807, 2.05) is 30.3 Å². The van der Waals surface area contributed by atoms with Crippen LogP contribution in [0, 0.1) is 6.92 Å². The largest absolute Gasteiger partial charge is 0.247 e. The highest BCUT2D eigenvalue weighted by Gasteiger charge is 2.12. The van der Waals surface area contributed by atoms with Crippen LogP contribution in [-0.4, -0.2) is 4.98 Å². The average Bonchev–Trinajstić information content (AvgIpc) is 2.55. The summed E-state index contributed by atoms with van der Waals surface area (Å²) in [7, 11) is 0. The van der Waals surface area contributed by atoms with E-state index in [0.29, 0.717) is 0 Å². The smallest absolute Gasteiger partial charge is 0.0803 e. The van der Waals surface area contributed by atoms with Crippen LogP contribution in [0.3, 0.4) is 0 Å². The fraction of sp³-hybridized carbons (Fsp3) is 0.0500. The molecule has 0 bridgehead atoms. The van der Waals surface area contributed by atoms with Crippen molar-refractivity contribution in [1.29, 1.82) is 0 Å². The van der Waals surface area contributed by atoms with Crippen LogP contribution < -0.4 is 0 Å². The summed E-state index contributed by atoms with van der Waals surface area (Å²) < 4.78 is 0. The minimum Gasteiger partial charge on any atom is -0.247 e. The molecule has 2 heteroatoms. The Hall–Kier alpha value is -2.38.